The fraction of sp³-hybridized carbons (Fsp3) is 0.0625. The van der Waals surface area contributed by atoms with Gasteiger partial charge in [-0.2, -0.15) is 0 Å². The molecular formula is C48H33N5. The molecule has 0 amide bonds. The molecule has 0 atom stereocenters. The van der Waals surface area contributed by atoms with Gasteiger partial charge in [0.1, 0.15) is 0 Å². The van der Waals surface area contributed by atoms with Gasteiger partial charge in [-0.1, -0.05) is 105 Å². The predicted molar refractivity (Wildman–Crippen MR) is 215 cm³/mol. The highest BCUT2D eigenvalue weighted by Crippen LogP contribution is 2.49. The minimum atomic E-state index is -0.00593. The average Bonchev–Trinajstić information content (AvgIpc) is 3.45. The van der Waals surface area contributed by atoms with Crippen molar-refractivity contribution in [3.63, 3.8) is 0 Å². The van der Waals surface area contributed by atoms with Crippen molar-refractivity contribution in [3.8, 4) is 67.5 Å². The predicted octanol–water partition coefficient (Wildman–Crippen LogP) is 11.6. The van der Waals surface area contributed by atoms with E-state index in [2.05, 4.69) is 139 Å². The Kier molecular flexibility index (Phi) is 7.08. The summed E-state index contributed by atoms with van der Waals surface area (Å²) in [5.41, 5.74) is 14.7. The molecule has 0 aliphatic heterocycles. The molecule has 53 heavy (non-hydrogen) atoms. The molecule has 1 aliphatic rings. The Morgan fingerprint density at radius 3 is 1.53 bits per heavy atom. The summed E-state index contributed by atoms with van der Waals surface area (Å²) in [7, 11) is 0. The van der Waals surface area contributed by atoms with Gasteiger partial charge in [-0.05, 0) is 105 Å². The van der Waals surface area contributed by atoms with Crippen LogP contribution in [0.2, 0.25) is 0 Å². The van der Waals surface area contributed by atoms with Gasteiger partial charge in [0.25, 0.3) is 0 Å². The summed E-state index contributed by atoms with van der Waals surface area (Å²) in [6.45, 7) is 4.64. The molecule has 0 bridgehead atoms. The van der Waals surface area contributed by atoms with Crippen molar-refractivity contribution in [2.75, 3.05) is 0 Å². The van der Waals surface area contributed by atoms with Crippen LogP contribution in [-0.4, -0.2) is 24.9 Å². The zero-order valence-corrected chi connectivity index (χ0v) is 29.3. The third-order valence-electron chi connectivity index (χ3n) is 10.6. The second-order valence-electron chi connectivity index (χ2n) is 14.2. The molecule has 3 heterocycles. The Labute approximate surface area is 307 Å². The summed E-state index contributed by atoms with van der Waals surface area (Å²) in [4.78, 5) is 24.0. The topological polar surface area (TPSA) is 64.5 Å². The summed E-state index contributed by atoms with van der Waals surface area (Å²) < 4.78 is 0. The molecule has 10 rings (SSSR count). The van der Waals surface area contributed by atoms with Crippen LogP contribution in [0.15, 0.2) is 164 Å². The Balaban J connectivity index is 1.02. The van der Waals surface area contributed by atoms with Crippen LogP contribution in [-0.2, 0) is 5.41 Å². The minimum absolute atomic E-state index is 0.00593. The normalized spacial score (nSPS) is 12.9. The SMILES string of the molecule is CC1(C)c2ccccc2-c2cc(-c3cccc(-c4ccc(-c5nc(-c6ccc7ncccc7c6)nc(-c6ccc7ncccc7c6)n5)cc4)c3)ccc21. The molecule has 5 nitrogen and oxygen atoms in total. The highest BCUT2D eigenvalue weighted by atomic mass is 15.0. The van der Waals surface area contributed by atoms with Crippen molar-refractivity contribution in [1.82, 2.24) is 24.9 Å². The van der Waals surface area contributed by atoms with Crippen LogP contribution in [0.25, 0.3) is 89.4 Å². The first kappa shape index (κ1) is 30.9. The molecule has 0 saturated heterocycles. The molecule has 0 radical (unpaired) electrons. The van der Waals surface area contributed by atoms with Gasteiger partial charge in [-0.3, -0.25) is 9.97 Å². The van der Waals surface area contributed by atoms with E-state index in [9.17, 15) is 0 Å². The molecule has 0 unspecified atom stereocenters. The standard InChI is InChI=1S/C48H33N5/c1-48(2)41-13-4-3-12-39(41)40-29-34(18-21-42(40)48)33-9-5-8-32(26-33)30-14-16-31(17-15-30)45-51-46(37-19-22-43-35(27-37)10-6-24-49-43)53-47(52-45)38-20-23-44-36(28-38)11-7-25-50-44/h3-29H,1-2H3. The van der Waals surface area contributed by atoms with Gasteiger partial charge >= 0.3 is 0 Å². The van der Waals surface area contributed by atoms with E-state index in [0.717, 1.165) is 49.6 Å². The number of nitrogens with zero attached hydrogens (tertiary/aromatic N) is 5. The Morgan fingerprint density at radius 1 is 0.358 bits per heavy atom. The summed E-state index contributed by atoms with van der Waals surface area (Å²) in [6, 6.07) is 53.3. The number of benzene rings is 6. The van der Waals surface area contributed by atoms with Gasteiger partial charge in [-0.15, -0.1) is 0 Å². The molecule has 1 aliphatic carbocycles. The van der Waals surface area contributed by atoms with Crippen molar-refractivity contribution in [2.24, 2.45) is 0 Å². The summed E-state index contributed by atoms with van der Waals surface area (Å²) in [5.74, 6) is 1.84. The summed E-state index contributed by atoms with van der Waals surface area (Å²) in [5, 5.41) is 2.07. The lowest BCUT2D eigenvalue weighted by atomic mass is 9.82. The maximum absolute atomic E-state index is 5.02. The van der Waals surface area contributed by atoms with E-state index >= 15 is 0 Å². The van der Waals surface area contributed by atoms with E-state index in [4.69, 9.17) is 15.0 Å². The Bertz CT molecular complexity index is 2780. The number of fused-ring (bicyclic) bond motifs is 5. The third kappa shape index (κ3) is 5.37. The van der Waals surface area contributed by atoms with Gasteiger partial charge in [0, 0.05) is 45.3 Å². The molecule has 5 heteroatoms. The molecular weight excluding hydrogens is 647 g/mol. The molecule has 9 aromatic rings. The van der Waals surface area contributed by atoms with Crippen LogP contribution < -0.4 is 0 Å². The monoisotopic (exact) mass is 679 g/mol. The maximum Gasteiger partial charge on any atom is 0.164 e. The highest BCUT2D eigenvalue weighted by Gasteiger charge is 2.35. The van der Waals surface area contributed by atoms with Crippen LogP contribution in [0.1, 0.15) is 25.0 Å². The lowest BCUT2D eigenvalue weighted by molar-refractivity contribution is 0.660. The molecule has 0 fully saturated rings. The van der Waals surface area contributed by atoms with Crippen molar-refractivity contribution in [3.05, 3.63) is 175 Å². The fourth-order valence-electron chi connectivity index (χ4n) is 7.78. The van der Waals surface area contributed by atoms with Gasteiger partial charge in [0.15, 0.2) is 17.5 Å². The average molecular weight is 680 g/mol. The van der Waals surface area contributed by atoms with Crippen molar-refractivity contribution in [1.29, 1.82) is 0 Å². The maximum atomic E-state index is 5.02. The van der Waals surface area contributed by atoms with E-state index in [-0.39, 0.29) is 5.41 Å². The number of pyridine rings is 2. The van der Waals surface area contributed by atoms with E-state index in [1.165, 1.54) is 33.4 Å². The second-order valence-corrected chi connectivity index (χ2v) is 14.2. The summed E-state index contributed by atoms with van der Waals surface area (Å²) >= 11 is 0. The van der Waals surface area contributed by atoms with Crippen molar-refractivity contribution in [2.45, 2.75) is 19.3 Å². The Hall–Kier alpha value is -6.85. The van der Waals surface area contributed by atoms with Crippen LogP contribution in [0.3, 0.4) is 0 Å². The minimum Gasteiger partial charge on any atom is -0.256 e. The van der Waals surface area contributed by atoms with Crippen molar-refractivity contribution < 1.29 is 0 Å². The van der Waals surface area contributed by atoms with Gasteiger partial charge in [0.2, 0.25) is 0 Å². The van der Waals surface area contributed by atoms with E-state index in [1.54, 1.807) is 0 Å². The molecule has 3 aromatic heterocycles. The lowest BCUT2D eigenvalue weighted by Gasteiger charge is -2.21. The number of rotatable bonds is 5. The third-order valence-corrected chi connectivity index (χ3v) is 10.6. The molecule has 0 saturated carbocycles. The lowest BCUT2D eigenvalue weighted by Crippen LogP contribution is -2.14. The first-order chi connectivity index (χ1) is 26.0. The van der Waals surface area contributed by atoms with E-state index in [1.807, 2.05) is 48.8 Å². The van der Waals surface area contributed by atoms with Crippen LogP contribution in [0.4, 0.5) is 0 Å². The van der Waals surface area contributed by atoms with Crippen LogP contribution >= 0.6 is 0 Å². The molecule has 0 spiro atoms. The molecule has 6 aromatic carbocycles. The Morgan fingerprint density at radius 2 is 0.868 bits per heavy atom. The number of hydrogen-bond acceptors (Lipinski definition) is 5. The zero-order valence-electron chi connectivity index (χ0n) is 29.3. The largest absolute Gasteiger partial charge is 0.256 e. The number of hydrogen-bond donors (Lipinski definition) is 0. The van der Waals surface area contributed by atoms with Gasteiger partial charge < -0.3 is 0 Å². The first-order valence-corrected chi connectivity index (χ1v) is 17.9. The quantitative estimate of drug-likeness (QED) is 0.181. The first-order valence-electron chi connectivity index (χ1n) is 17.9. The van der Waals surface area contributed by atoms with E-state index < -0.39 is 0 Å². The van der Waals surface area contributed by atoms with Crippen molar-refractivity contribution >= 4 is 21.8 Å². The highest BCUT2D eigenvalue weighted by molar-refractivity contribution is 5.87. The fourth-order valence-corrected chi connectivity index (χ4v) is 7.78. The van der Waals surface area contributed by atoms with Gasteiger partial charge in [-0.25, -0.2) is 15.0 Å². The van der Waals surface area contributed by atoms with E-state index in [0.29, 0.717) is 17.5 Å². The number of aromatic nitrogens is 5. The summed E-state index contributed by atoms with van der Waals surface area (Å²) in [6.07, 6.45) is 3.62. The van der Waals surface area contributed by atoms with Crippen LogP contribution in [0, 0.1) is 0 Å². The molecule has 0 N–H and O–H groups in total. The smallest absolute Gasteiger partial charge is 0.164 e. The zero-order chi connectivity index (χ0) is 35.5. The second kappa shape index (κ2) is 12.1. The molecule has 250 valence electrons. The van der Waals surface area contributed by atoms with Gasteiger partial charge in [0.05, 0.1) is 11.0 Å². The van der Waals surface area contributed by atoms with Crippen LogP contribution in [0.5, 0.6) is 0 Å².